The van der Waals surface area contributed by atoms with Crippen LogP contribution in [0.1, 0.15) is 22.3 Å². The van der Waals surface area contributed by atoms with Gasteiger partial charge in [0.1, 0.15) is 0 Å². The Bertz CT molecular complexity index is 546. The number of carbonyl (C=O) groups is 1. The Morgan fingerprint density at radius 3 is 2.57 bits per heavy atom. The van der Waals surface area contributed by atoms with Crippen LogP contribution in [0.2, 0.25) is 5.02 Å². The summed E-state index contributed by atoms with van der Waals surface area (Å²) in [6, 6.07) is 5.16. The monoisotopic (exact) mass is 307 g/mol. The standard InChI is InChI=1S/C16H22ClN3O/c1-19(2)10-5-11-20(3)16(21)14-8-7-13(6-4-9-18)15(17)12-14/h7-8,12H,5,9-11,18H2,1-3H3. The van der Waals surface area contributed by atoms with Crippen molar-refractivity contribution in [2.75, 3.05) is 40.8 Å². The van der Waals surface area contributed by atoms with Crippen molar-refractivity contribution in [1.29, 1.82) is 0 Å². The van der Waals surface area contributed by atoms with Crippen molar-refractivity contribution in [2.45, 2.75) is 6.42 Å². The third-order valence-electron chi connectivity index (χ3n) is 2.99. The molecule has 0 radical (unpaired) electrons. The van der Waals surface area contributed by atoms with Gasteiger partial charge in [-0.2, -0.15) is 0 Å². The second-order valence-electron chi connectivity index (χ2n) is 5.08. The number of carbonyl (C=O) groups excluding carboxylic acids is 1. The number of hydrogen-bond donors (Lipinski definition) is 1. The molecule has 1 amide bonds. The van der Waals surface area contributed by atoms with Crippen molar-refractivity contribution in [3.63, 3.8) is 0 Å². The third-order valence-corrected chi connectivity index (χ3v) is 3.30. The first-order valence-corrected chi connectivity index (χ1v) is 7.22. The molecule has 0 saturated carbocycles. The summed E-state index contributed by atoms with van der Waals surface area (Å²) in [5.41, 5.74) is 6.59. The van der Waals surface area contributed by atoms with Crippen LogP contribution in [0.3, 0.4) is 0 Å². The number of rotatable bonds is 5. The molecule has 114 valence electrons. The number of benzene rings is 1. The molecule has 21 heavy (non-hydrogen) atoms. The van der Waals surface area contributed by atoms with E-state index in [0.29, 0.717) is 22.7 Å². The molecule has 0 atom stereocenters. The van der Waals surface area contributed by atoms with Crippen molar-refractivity contribution in [3.05, 3.63) is 34.3 Å². The topological polar surface area (TPSA) is 49.6 Å². The van der Waals surface area contributed by atoms with Crippen molar-refractivity contribution < 1.29 is 4.79 Å². The van der Waals surface area contributed by atoms with Crippen LogP contribution >= 0.6 is 11.6 Å². The largest absolute Gasteiger partial charge is 0.342 e. The van der Waals surface area contributed by atoms with Gasteiger partial charge in [-0.05, 0) is 45.3 Å². The quantitative estimate of drug-likeness (QED) is 0.842. The minimum atomic E-state index is -0.0333. The second kappa shape index (κ2) is 8.68. The zero-order chi connectivity index (χ0) is 15.8. The highest BCUT2D eigenvalue weighted by atomic mass is 35.5. The first kappa shape index (κ1) is 17.5. The Balaban J connectivity index is 2.72. The molecule has 0 bridgehead atoms. The summed E-state index contributed by atoms with van der Waals surface area (Å²) in [5, 5.41) is 0.475. The van der Waals surface area contributed by atoms with E-state index in [1.54, 1.807) is 30.1 Å². The average Bonchev–Trinajstić information content (AvgIpc) is 2.44. The molecule has 0 saturated heterocycles. The molecule has 0 spiro atoms. The number of nitrogens with zero attached hydrogens (tertiary/aromatic N) is 2. The summed E-state index contributed by atoms with van der Waals surface area (Å²) in [4.78, 5) is 16.1. The molecule has 0 aliphatic heterocycles. The Morgan fingerprint density at radius 1 is 1.29 bits per heavy atom. The van der Waals surface area contributed by atoms with Gasteiger partial charge in [0, 0.05) is 24.7 Å². The van der Waals surface area contributed by atoms with Crippen molar-refractivity contribution in [3.8, 4) is 11.8 Å². The molecule has 2 N–H and O–H groups in total. The van der Waals surface area contributed by atoms with Crippen molar-refractivity contribution in [1.82, 2.24) is 9.80 Å². The SMILES string of the molecule is CN(C)CCCN(C)C(=O)c1ccc(C#CCN)c(Cl)c1. The zero-order valence-corrected chi connectivity index (χ0v) is 13.6. The molecule has 1 rings (SSSR count). The normalized spacial score (nSPS) is 10.2. The Kier molecular flexibility index (Phi) is 7.24. The van der Waals surface area contributed by atoms with E-state index < -0.39 is 0 Å². The summed E-state index contributed by atoms with van der Waals surface area (Å²) < 4.78 is 0. The van der Waals surface area contributed by atoms with Gasteiger partial charge in [0.05, 0.1) is 11.6 Å². The van der Waals surface area contributed by atoms with Gasteiger partial charge in [-0.15, -0.1) is 0 Å². The van der Waals surface area contributed by atoms with Gasteiger partial charge in [0.15, 0.2) is 0 Å². The van der Waals surface area contributed by atoms with E-state index in [2.05, 4.69) is 16.7 Å². The number of amides is 1. The van der Waals surface area contributed by atoms with E-state index in [1.165, 1.54) is 0 Å². The molecule has 5 heteroatoms. The maximum Gasteiger partial charge on any atom is 0.253 e. The van der Waals surface area contributed by atoms with Crippen LogP contribution in [0, 0.1) is 11.8 Å². The lowest BCUT2D eigenvalue weighted by Gasteiger charge is -2.18. The van der Waals surface area contributed by atoms with Crippen LogP contribution in [0.15, 0.2) is 18.2 Å². The average molecular weight is 308 g/mol. The molecular formula is C16H22ClN3O. The minimum Gasteiger partial charge on any atom is -0.342 e. The highest BCUT2D eigenvalue weighted by Gasteiger charge is 2.12. The first-order chi connectivity index (χ1) is 9.95. The maximum atomic E-state index is 12.3. The molecular weight excluding hydrogens is 286 g/mol. The Morgan fingerprint density at radius 2 is 2.00 bits per heavy atom. The fourth-order valence-corrected chi connectivity index (χ4v) is 2.07. The third kappa shape index (κ3) is 5.76. The molecule has 1 aromatic carbocycles. The maximum absolute atomic E-state index is 12.3. The lowest BCUT2D eigenvalue weighted by molar-refractivity contribution is 0.0790. The predicted molar refractivity (Wildman–Crippen MR) is 87.5 cm³/mol. The molecule has 0 heterocycles. The number of halogens is 1. The van der Waals surface area contributed by atoms with Gasteiger partial charge in [-0.25, -0.2) is 0 Å². The molecule has 0 aliphatic carbocycles. The van der Waals surface area contributed by atoms with Gasteiger partial charge in [0.2, 0.25) is 0 Å². The van der Waals surface area contributed by atoms with E-state index in [4.69, 9.17) is 17.3 Å². The smallest absolute Gasteiger partial charge is 0.253 e. The summed E-state index contributed by atoms with van der Waals surface area (Å²) in [5.74, 6) is 5.59. The summed E-state index contributed by atoms with van der Waals surface area (Å²) >= 11 is 6.14. The fraction of sp³-hybridized carbons (Fsp3) is 0.438. The van der Waals surface area contributed by atoms with Crippen molar-refractivity contribution in [2.24, 2.45) is 5.73 Å². The molecule has 4 nitrogen and oxygen atoms in total. The molecule has 0 unspecified atom stereocenters. The van der Waals surface area contributed by atoms with Crippen LogP contribution in [-0.4, -0.2) is 56.5 Å². The Labute approximate surface area is 131 Å². The second-order valence-corrected chi connectivity index (χ2v) is 5.49. The molecule has 0 aromatic heterocycles. The van der Waals surface area contributed by atoms with Gasteiger partial charge >= 0.3 is 0 Å². The van der Waals surface area contributed by atoms with Crippen LogP contribution in [0.25, 0.3) is 0 Å². The van der Waals surface area contributed by atoms with Crippen LogP contribution in [0.4, 0.5) is 0 Å². The number of nitrogens with two attached hydrogens (primary N) is 1. The van der Waals surface area contributed by atoms with Crippen LogP contribution in [-0.2, 0) is 0 Å². The van der Waals surface area contributed by atoms with E-state index >= 15 is 0 Å². The molecule has 0 aliphatic rings. The zero-order valence-electron chi connectivity index (χ0n) is 12.8. The highest BCUT2D eigenvalue weighted by molar-refractivity contribution is 6.32. The van der Waals surface area contributed by atoms with Gasteiger partial charge in [-0.1, -0.05) is 23.4 Å². The van der Waals surface area contributed by atoms with E-state index in [1.807, 2.05) is 14.1 Å². The van der Waals surface area contributed by atoms with Crippen LogP contribution < -0.4 is 5.73 Å². The lowest BCUT2D eigenvalue weighted by Crippen LogP contribution is -2.29. The number of hydrogen-bond acceptors (Lipinski definition) is 3. The van der Waals surface area contributed by atoms with E-state index in [0.717, 1.165) is 13.0 Å². The fourth-order valence-electron chi connectivity index (χ4n) is 1.84. The van der Waals surface area contributed by atoms with Gasteiger partial charge in [-0.3, -0.25) is 4.79 Å². The Hall–Kier alpha value is -1.54. The predicted octanol–water partition coefficient (Wildman–Crippen LogP) is 1.67. The first-order valence-electron chi connectivity index (χ1n) is 6.84. The van der Waals surface area contributed by atoms with Crippen LogP contribution in [0.5, 0.6) is 0 Å². The van der Waals surface area contributed by atoms with E-state index in [-0.39, 0.29) is 12.5 Å². The summed E-state index contributed by atoms with van der Waals surface area (Å²) in [6.45, 7) is 1.95. The molecule has 0 fully saturated rings. The van der Waals surface area contributed by atoms with Gasteiger partial charge in [0.25, 0.3) is 5.91 Å². The summed E-state index contributed by atoms with van der Waals surface area (Å²) in [7, 11) is 5.83. The molecule has 1 aromatic rings. The van der Waals surface area contributed by atoms with Gasteiger partial charge < -0.3 is 15.5 Å². The minimum absolute atomic E-state index is 0.0333. The summed E-state index contributed by atoms with van der Waals surface area (Å²) in [6.07, 6.45) is 0.934. The highest BCUT2D eigenvalue weighted by Crippen LogP contribution is 2.18. The lowest BCUT2D eigenvalue weighted by atomic mass is 10.1. The van der Waals surface area contributed by atoms with Crippen molar-refractivity contribution >= 4 is 17.5 Å². The van der Waals surface area contributed by atoms with E-state index in [9.17, 15) is 4.79 Å².